The second-order valence-corrected chi connectivity index (χ2v) is 6.60. The second-order valence-electron chi connectivity index (χ2n) is 6.22. The van der Waals surface area contributed by atoms with Gasteiger partial charge in [-0.1, -0.05) is 11.6 Å². The number of hydrogen-bond donors (Lipinski definition) is 3. The molecule has 2 aliphatic rings. The van der Waals surface area contributed by atoms with Crippen molar-refractivity contribution in [1.82, 2.24) is 15.2 Å². The van der Waals surface area contributed by atoms with Gasteiger partial charge in [-0.2, -0.15) is 0 Å². The minimum Gasteiger partial charge on any atom is -0.478 e. The molecule has 1 amide bonds. The Morgan fingerprint density at radius 3 is 2.15 bits per heavy atom. The van der Waals surface area contributed by atoms with Crippen molar-refractivity contribution < 1.29 is 24.6 Å². The third-order valence-electron chi connectivity index (χ3n) is 4.12. The molecule has 26 heavy (non-hydrogen) atoms. The number of carboxylic acid groups (broad SMARTS) is 2. The zero-order valence-corrected chi connectivity index (χ0v) is 14.7. The van der Waals surface area contributed by atoms with E-state index in [1.54, 1.807) is 18.3 Å². The zero-order chi connectivity index (χ0) is 19.1. The zero-order valence-electron chi connectivity index (χ0n) is 14.0. The van der Waals surface area contributed by atoms with Gasteiger partial charge in [0.25, 0.3) is 5.91 Å². The first kappa shape index (κ1) is 19.9. The van der Waals surface area contributed by atoms with Crippen LogP contribution in [-0.2, 0) is 9.59 Å². The van der Waals surface area contributed by atoms with Gasteiger partial charge in [0.05, 0.1) is 5.56 Å². The molecule has 0 spiro atoms. The lowest BCUT2D eigenvalue weighted by atomic mass is 9.85. The van der Waals surface area contributed by atoms with E-state index in [1.807, 2.05) is 4.90 Å². The van der Waals surface area contributed by atoms with E-state index in [1.165, 1.54) is 6.42 Å². The van der Waals surface area contributed by atoms with Gasteiger partial charge in [-0.3, -0.25) is 4.79 Å². The van der Waals surface area contributed by atoms with Gasteiger partial charge in [0.15, 0.2) is 0 Å². The molecule has 2 fully saturated rings. The number of carbonyl (C=O) groups is 3. The largest absolute Gasteiger partial charge is 0.478 e. The Morgan fingerprint density at radius 2 is 1.69 bits per heavy atom. The fraction of sp³-hybridized carbons (Fsp3) is 0.412. The third kappa shape index (κ3) is 6.12. The summed E-state index contributed by atoms with van der Waals surface area (Å²) in [6.07, 6.45) is 3.92. The van der Waals surface area contributed by atoms with Crippen LogP contribution in [0.3, 0.4) is 0 Å². The molecular weight excluding hydrogens is 362 g/mol. The number of likely N-dealkylation sites (tertiary alicyclic amines) is 1. The topological polar surface area (TPSA) is 120 Å². The molecule has 8 nitrogen and oxygen atoms in total. The molecule has 9 heteroatoms. The summed E-state index contributed by atoms with van der Waals surface area (Å²) < 4.78 is 0. The minimum absolute atomic E-state index is 0.0794. The molecule has 0 radical (unpaired) electrons. The number of aliphatic carboxylic acids is 2. The molecule has 0 aliphatic carbocycles. The van der Waals surface area contributed by atoms with Crippen LogP contribution in [0.4, 0.5) is 0 Å². The Hall–Kier alpha value is -2.45. The maximum absolute atomic E-state index is 12.4. The Labute approximate surface area is 155 Å². The van der Waals surface area contributed by atoms with Gasteiger partial charge in [0.2, 0.25) is 0 Å². The Kier molecular flexibility index (Phi) is 7.11. The van der Waals surface area contributed by atoms with E-state index >= 15 is 0 Å². The normalized spacial score (nSPS) is 21.7. The second kappa shape index (κ2) is 9.30. The van der Waals surface area contributed by atoms with Crippen molar-refractivity contribution >= 4 is 29.4 Å². The van der Waals surface area contributed by atoms with E-state index in [2.05, 4.69) is 10.3 Å². The summed E-state index contributed by atoms with van der Waals surface area (Å²) in [6, 6.07) is 3.42. The number of nitrogens with zero attached hydrogens (tertiary/aromatic N) is 2. The molecule has 1 aromatic rings. The van der Waals surface area contributed by atoms with Gasteiger partial charge < -0.3 is 20.4 Å². The molecule has 0 aromatic carbocycles. The molecule has 2 atom stereocenters. The number of hydrogen-bond acceptors (Lipinski definition) is 5. The van der Waals surface area contributed by atoms with E-state index in [4.69, 9.17) is 21.8 Å². The quantitative estimate of drug-likeness (QED) is 0.530. The molecule has 1 aromatic heterocycles. The molecule has 3 heterocycles. The van der Waals surface area contributed by atoms with E-state index in [9.17, 15) is 14.4 Å². The SMILES string of the molecule is O=C(O)/C=C/C(=O)O.O=C(c1ccc(Cl)nc1)N1C[C@@H]2CNC[C@@H](C2)C1. The highest BCUT2D eigenvalue weighted by atomic mass is 35.5. The lowest BCUT2D eigenvalue weighted by Gasteiger charge is -2.41. The summed E-state index contributed by atoms with van der Waals surface area (Å²) in [4.78, 5) is 37.4. The number of amides is 1. The first-order chi connectivity index (χ1) is 12.3. The smallest absolute Gasteiger partial charge is 0.328 e. The van der Waals surface area contributed by atoms with Crippen molar-refractivity contribution in [1.29, 1.82) is 0 Å². The number of nitrogens with one attached hydrogen (secondary N) is 1. The Bertz CT molecular complexity index is 664. The van der Waals surface area contributed by atoms with Crippen LogP contribution in [0.5, 0.6) is 0 Å². The third-order valence-corrected chi connectivity index (χ3v) is 4.34. The molecule has 140 valence electrons. The maximum Gasteiger partial charge on any atom is 0.328 e. The summed E-state index contributed by atoms with van der Waals surface area (Å²) in [5, 5.41) is 19.5. The van der Waals surface area contributed by atoms with Crippen LogP contribution in [0, 0.1) is 11.8 Å². The van der Waals surface area contributed by atoms with Crippen molar-refractivity contribution in [3.63, 3.8) is 0 Å². The van der Waals surface area contributed by atoms with Crippen molar-refractivity contribution in [2.24, 2.45) is 11.8 Å². The molecule has 0 saturated carbocycles. The van der Waals surface area contributed by atoms with Crippen LogP contribution in [0.1, 0.15) is 16.8 Å². The highest BCUT2D eigenvalue weighted by Crippen LogP contribution is 2.25. The summed E-state index contributed by atoms with van der Waals surface area (Å²) >= 11 is 5.74. The molecule has 2 aliphatic heterocycles. The van der Waals surface area contributed by atoms with Crippen molar-refractivity contribution in [2.45, 2.75) is 6.42 Å². The van der Waals surface area contributed by atoms with E-state index < -0.39 is 11.9 Å². The average molecular weight is 382 g/mol. The molecule has 3 rings (SSSR count). The summed E-state index contributed by atoms with van der Waals surface area (Å²) in [5.74, 6) is -1.24. The van der Waals surface area contributed by atoms with Crippen LogP contribution in [-0.4, -0.2) is 64.1 Å². The maximum atomic E-state index is 12.4. The Balaban J connectivity index is 0.000000260. The van der Waals surface area contributed by atoms with E-state index in [-0.39, 0.29) is 5.91 Å². The molecular formula is C17H20ClN3O5. The highest BCUT2D eigenvalue weighted by molar-refractivity contribution is 6.29. The molecule has 3 N–H and O–H groups in total. The van der Waals surface area contributed by atoms with Crippen molar-refractivity contribution in [3.8, 4) is 0 Å². The van der Waals surface area contributed by atoms with Gasteiger partial charge in [-0.15, -0.1) is 0 Å². The van der Waals surface area contributed by atoms with Gasteiger partial charge in [-0.25, -0.2) is 14.6 Å². The van der Waals surface area contributed by atoms with Gasteiger partial charge in [-0.05, 0) is 43.5 Å². The lowest BCUT2D eigenvalue weighted by Crippen LogP contribution is -2.52. The summed E-state index contributed by atoms with van der Waals surface area (Å²) in [7, 11) is 0. The number of rotatable bonds is 3. The molecule has 0 unspecified atom stereocenters. The number of piperidine rings is 2. The van der Waals surface area contributed by atoms with Crippen LogP contribution >= 0.6 is 11.6 Å². The van der Waals surface area contributed by atoms with E-state index in [0.717, 1.165) is 26.2 Å². The highest BCUT2D eigenvalue weighted by Gasteiger charge is 2.32. The number of carboxylic acids is 2. The molecule has 2 bridgehead atoms. The predicted molar refractivity (Wildman–Crippen MR) is 94.0 cm³/mol. The monoisotopic (exact) mass is 381 g/mol. The van der Waals surface area contributed by atoms with Gasteiger partial charge in [0, 0.05) is 31.4 Å². The predicted octanol–water partition coefficient (Wildman–Crippen LogP) is 1.13. The fourth-order valence-electron chi connectivity index (χ4n) is 3.10. The number of aromatic nitrogens is 1. The number of carbonyl (C=O) groups excluding carboxylic acids is 1. The first-order valence-corrected chi connectivity index (χ1v) is 8.48. The summed E-state index contributed by atoms with van der Waals surface area (Å²) in [6.45, 7) is 3.76. The van der Waals surface area contributed by atoms with Gasteiger partial charge in [0.1, 0.15) is 5.15 Å². The van der Waals surface area contributed by atoms with Gasteiger partial charge >= 0.3 is 11.9 Å². The standard InChI is InChI=1S/C13H16ClN3O.C4H4O4/c14-12-2-1-11(6-16-12)13(18)17-7-9-3-10(8-17)5-15-4-9;5-3(6)1-2-4(7)8/h1-2,6,9-10,15H,3-5,7-8H2;1-2H,(H,5,6)(H,7,8)/b;2-1+/t9-,10+;. The number of fused-ring (bicyclic) bond motifs is 2. The van der Waals surface area contributed by atoms with E-state index in [0.29, 0.717) is 34.7 Å². The number of halogens is 1. The van der Waals surface area contributed by atoms with Crippen LogP contribution in [0.25, 0.3) is 0 Å². The van der Waals surface area contributed by atoms with Crippen molar-refractivity contribution in [2.75, 3.05) is 26.2 Å². The van der Waals surface area contributed by atoms with Crippen LogP contribution in [0.2, 0.25) is 5.15 Å². The Morgan fingerprint density at radius 1 is 1.12 bits per heavy atom. The van der Waals surface area contributed by atoms with Crippen LogP contribution < -0.4 is 5.32 Å². The van der Waals surface area contributed by atoms with Crippen molar-refractivity contribution in [3.05, 3.63) is 41.2 Å². The minimum atomic E-state index is -1.26. The number of pyridine rings is 1. The summed E-state index contributed by atoms with van der Waals surface area (Å²) in [5.41, 5.74) is 0.632. The fourth-order valence-corrected chi connectivity index (χ4v) is 3.21. The van der Waals surface area contributed by atoms with Crippen LogP contribution in [0.15, 0.2) is 30.5 Å². The first-order valence-electron chi connectivity index (χ1n) is 8.10. The average Bonchev–Trinajstić information content (AvgIpc) is 2.60. The molecule has 2 saturated heterocycles. The lowest BCUT2D eigenvalue weighted by molar-refractivity contribution is -0.134.